The summed E-state index contributed by atoms with van der Waals surface area (Å²) in [6.07, 6.45) is 2.53. The summed E-state index contributed by atoms with van der Waals surface area (Å²) in [7, 11) is 2.27. The van der Waals surface area contributed by atoms with Crippen LogP contribution in [0.5, 0.6) is 0 Å². The molecule has 0 N–H and O–H groups in total. The van der Waals surface area contributed by atoms with Gasteiger partial charge in [-0.15, -0.1) is 0 Å². The van der Waals surface area contributed by atoms with Crippen LogP contribution >= 0.6 is 15.9 Å². The maximum atomic E-state index is 3.50. The van der Waals surface area contributed by atoms with Gasteiger partial charge >= 0.3 is 0 Å². The topological polar surface area (TPSA) is 6.48 Å². The molecule has 2 nitrogen and oxygen atoms in total. The molecule has 1 saturated heterocycles. The van der Waals surface area contributed by atoms with Gasteiger partial charge in [-0.25, -0.2) is 0 Å². The maximum Gasteiger partial charge on any atom is 0.0233 e. The first-order chi connectivity index (χ1) is 11.2. The summed E-state index contributed by atoms with van der Waals surface area (Å²) in [6, 6.07) is 20.2. The second-order valence-corrected chi connectivity index (χ2v) is 7.45. The Morgan fingerprint density at radius 2 is 1.61 bits per heavy atom. The molecule has 23 heavy (non-hydrogen) atoms. The summed E-state index contributed by atoms with van der Waals surface area (Å²) >= 11 is 3.50. The van der Waals surface area contributed by atoms with Gasteiger partial charge in [0.15, 0.2) is 0 Å². The lowest BCUT2D eigenvalue weighted by Gasteiger charge is -2.36. The number of likely N-dealkylation sites (tertiary alicyclic amines) is 1. The zero-order chi connectivity index (χ0) is 16.1. The molecule has 3 rings (SSSR count). The summed E-state index contributed by atoms with van der Waals surface area (Å²) in [4.78, 5) is 5.10. The molecule has 1 aliphatic heterocycles. The number of rotatable bonds is 5. The van der Waals surface area contributed by atoms with Gasteiger partial charge in [-0.2, -0.15) is 0 Å². The van der Waals surface area contributed by atoms with E-state index in [1.54, 1.807) is 0 Å². The predicted molar refractivity (Wildman–Crippen MR) is 100 cm³/mol. The highest BCUT2D eigenvalue weighted by molar-refractivity contribution is 9.10. The Bertz CT molecular complexity index is 589. The largest absolute Gasteiger partial charge is 0.299 e. The molecule has 2 aromatic rings. The molecule has 1 aliphatic rings. The van der Waals surface area contributed by atoms with Gasteiger partial charge in [-0.3, -0.25) is 9.80 Å². The molecule has 122 valence electrons. The summed E-state index contributed by atoms with van der Waals surface area (Å²) in [5.41, 5.74) is 2.82. The van der Waals surface area contributed by atoms with Crippen molar-refractivity contribution in [3.63, 3.8) is 0 Å². The van der Waals surface area contributed by atoms with Crippen LogP contribution in [0.2, 0.25) is 0 Å². The average molecular weight is 373 g/mol. The minimum Gasteiger partial charge on any atom is -0.299 e. The number of halogens is 1. The van der Waals surface area contributed by atoms with Gasteiger partial charge in [-0.05, 0) is 56.2 Å². The third-order valence-corrected chi connectivity index (χ3v) is 5.30. The average Bonchev–Trinajstić information content (AvgIpc) is 2.58. The standard InChI is InChI=1S/C20H25BrN2/c1-22(15-17-5-3-2-4-6-17)20-11-13-23(14-12-20)16-18-7-9-19(21)10-8-18/h2-10,20H,11-16H2,1H3. The minimum absolute atomic E-state index is 0.705. The Morgan fingerprint density at radius 1 is 0.957 bits per heavy atom. The molecule has 0 spiro atoms. The Morgan fingerprint density at radius 3 is 2.26 bits per heavy atom. The van der Waals surface area contributed by atoms with Gasteiger partial charge in [0, 0.05) is 23.6 Å². The smallest absolute Gasteiger partial charge is 0.0233 e. The summed E-state index contributed by atoms with van der Waals surface area (Å²) in [5.74, 6) is 0. The van der Waals surface area contributed by atoms with Gasteiger partial charge in [0.1, 0.15) is 0 Å². The van der Waals surface area contributed by atoms with Crippen molar-refractivity contribution in [1.82, 2.24) is 9.80 Å². The molecule has 0 amide bonds. The lowest BCUT2D eigenvalue weighted by Crippen LogP contribution is -2.42. The van der Waals surface area contributed by atoms with E-state index in [9.17, 15) is 0 Å². The van der Waals surface area contributed by atoms with Crippen molar-refractivity contribution >= 4 is 15.9 Å². The van der Waals surface area contributed by atoms with E-state index >= 15 is 0 Å². The van der Waals surface area contributed by atoms with E-state index in [1.807, 2.05) is 0 Å². The summed E-state index contributed by atoms with van der Waals surface area (Å²) < 4.78 is 1.16. The SMILES string of the molecule is CN(Cc1ccccc1)C1CCN(Cc2ccc(Br)cc2)CC1. The first-order valence-corrected chi connectivity index (χ1v) is 9.21. The molecule has 3 heteroatoms. The van der Waals surface area contributed by atoms with Crippen LogP contribution in [0, 0.1) is 0 Å². The molecule has 0 bridgehead atoms. The number of piperidine rings is 1. The van der Waals surface area contributed by atoms with E-state index in [1.165, 1.54) is 37.1 Å². The van der Waals surface area contributed by atoms with Crippen LogP contribution in [0.1, 0.15) is 24.0 Å². The van der Waals surface area contributed by atoms with Crippen LogP contribution in [-0.2, 0) is 13.1 Å². The molecule has 2 aromatic carbocycles. The van der Waals surface area contributed by atoms with E-state index in [4.69, 9.17) is 0 Å². The van der Waals surface area contributed by atoms with Gasteiger partial charge in [-0.1, -0.05) is 58.4 Å². The first kappa shape index (κ1) is 16.7. The van der Waals surface area contributed by atoms with Crippen LogP contribution in [0.15, 0.2) is 59.1 Å². The molecule has 0 aromatic heterocycles. The highest BCUT2D eigenvalue weighted by Crippen LogP contribution is 2.20. The van der Waals surface area contributed by atoms with Crippen molar-refractivity contribution in [3.8, 4) is 0 Å². The fourth-order valence-corrected chi connectivity index (χ4v) is 3.63. The molecule has 0 aliphatic carbocycles. The van der Waals surface area contributed by atoms with Crippen LogP contribution < -0.4 is 0 Å². The fraction of sp³-hybridized carbons (Fsp3) is 0.400. The van der Waals surface area contributed by atoms with E-state index in [2.05, 4.69) is 87.4 Å². The summed E-state index contributed by atoms with van der Waals surface area (Å²) in [6.45, 7) is 4.51. The summed E-state index contributed by atoms with van der Waals surface area (Å²) in [5, 5.41) is 0. The molecular formula is C20H25BrN2. The van der Waals surface area contributed by atoms with Crippen LogP contribution in [-0.4, -0.2) is 36.0 Å². The molecule has 0 saturated carbocycles. The number of nitrogens with zero attached hydrogens (tertiary/aromatic N) is 2. The normalized spacial score (nSPS) is 16.8. The molecule has 0 radical (unpaired) electrons. The number of hydrogen-bond acceptors (Lipinski definition) is 2. The first-order valence-electron chi connectivity index (χ1n) is 8.41. The second-order valence-electron chi connectivity index (χ2n) is 6.53. The third-order valence-electron chi connectivity index (χ3n) is 4.77. The van der Waals surface area contributed by atoms with E-state index in [0.717, 1.165) is 17.6 Å². The third kappa shape index (κ3) is 4.90. The fourth-order valence-electron chi connectivity index (χ4n) is 3.37. The number of benzene rings is 2. The lowest BCUT2D eigenvalue weighted by atomic mass is 10.0. The van der Waals surface area contributed by atoms with E-state index in [0.29, 0.717) is 6.04 Å². The van der Waals surface area contributed by atoms with Crippen molar-refractivity contribution in [3.05, 3.63) is 70.2 Å². The Kier molecular flexibility index (Phi) is 5.87. The quantitative estimate of drug-likeness (QED) is 0.759. The van der Waals surface area contributed by atoms with Crippen molar-refractivity contribution in [2.75, 3.05) is 20.1 Å². The molecule has 0 atom stereocenters. The highest BCUT2D eigenvalue weighted by Gasteiger charge is 2.22. The van der Waals surface area contributed by atoms with Gasteiger partial charge in [0.05, 0.1) is 0 Å². The Hall–Kier alpha value is -1.16. The van der Waals surface area contributed by atoms with Crippen LogP contribution in [0.4, 0.5) is 0 Å². The van der Waals surface area contributed by atoms with E-state index < -0.39 is 0 Å². The Balaban J connectivity index is 1.47. The van der Waals surface area contributed by atoms with Crippen LogP contribution in [0.3, 0.4) is 0 Å². The molecule has 1 heterocycles. The van der Waals surface area contributed by atoms with Crippen molar-refractivity contribution in [2.45, 2.75) is 32.0 Å². The molecule has 1 fully saturated rings. The molecule has 0 unspecified atom stereocenters. The van der Waals surface area contributed by atoms with Crippen molar-refractivity contribution < 1.29 is 0 Å². The van der Waals surface area contributed by atoms with Gasteiger partial charge < -0.3 is 0 Å². The van der Waals surface area contributed by atoms with Crippen molar-refractivity contribution in [2.24, 2.45) is 0 Å². The predicted octanol–water partition coefficient (Wildman–Crippen LogP) is 4.55. The minimum atomic E-state index is 0.705. The molecular weight excluding hydrogens is 348 g/mol. The highest BCUT2D eigenvalue weighted by atomic mass is 79.9. The van der Waals surface area contributed by atoms with Gasteiger partial charge in [0.2, 0.25) is 0 Å². The Labute approximate surface area is 148 Å². The van der Waals surface area contributed by atoms with Gasteiger partial charge in [0.25, 0.3) is 0 Å². The monoisotopic (exact) mass is 372 g/mol. The van der Waals surface area contributed by atoms with Crippen LogP contribution in [0.25, 0.3) is 0 Å². The number of hydrogen-bond donors (Lipinski definition) is 0. The zero-order valence-electron chi connectivity index (χ0n) is 13.8. The lowest BCUT2D eigenvalue weighted by molar-refractivity contribution is 0.119. The van der Waals surface area contributed by atoms with E-state index in [-0.39, 0.29) is 0 Å². The second kappa shape index (κ2) is 8.09. The zero-order valence-corrected chi connectivity index (χ0v) is 15.4. The maximum absolute atomic E-state index is 3.50. The van der Waals surface area contributed by atoms with Crippen molar-refractivity contribution in [1.29, 1.82) is 0 Å².